The van der Waals surface area contributed by atoms with Gasteiger partial charge in [-0.25, -0.2) is 4.79 Å². The molecule has 0 unspecified atom stereocenters. The molecule has 0 fully saturated rings. The summed E-state index contributed by atoms with van der Waals surface area (Å²) in [6, 6.07) is 13.1. The number of aryl methyl sites for hydroxylation is 1. The summed E-state index contributed by atoms with van der Waals surface area (Å²) in [7, 11) is 0. The molecule has 2 aromatic rings. The smallest absolute Gasteiger partial charge is 0.335 e. The van der Waals surface area contributed by atoms with Gasteiger partial charge < -0.3 is 15.7 Å². The first kappa shape index (κ1) is 14.9. The Bertz CT molecular complexity index is 653. The van der Waals surface area contributed by atoms with E-state index >= 15 is 0 Å². The van der Waals surface area contributed by atoms with Crippen molar-refractivity contribution in [2.24, 2.45) is 0 Å². The number of aromatic carboxylic acids is 1. The lowest BCUT2D eigenvalue weighted by Crippen LogP contribution is -2.23. The van der Waals surface area contributed by atoms with Gasteiger partial charge in [0.1, 0.15) is 0 Å². The van der Waals surface area contributed by atoms with Crippen molar-refractivity contribution in [2.45, 2.75) is 20.4 Å². The van der Waals surface area contributed by atoms with Gasteiger partial charge in [0.15, 0.2) is 0 Å². The Hall–Kier alpha value is -2.49. The molecular formula is C17H20N2O2. The highest BCUT2D eigenvalue weighted by atomic mass is 16.4. The Balaban J connectivity index is 2.30. The fourth-order valence-corrected chi connectivity index (χ4v) is 2.34. The molecule has 21 heavy (non-hydrogen) atoms. The molecule has 0 atom stereocenters. The van der Waals surface area contributed by atoms with Crippen LogP contribution in [0.2, 0.25) is 0 Å². The minimum atomic E-state index is -0.963. The number of rotatable bonds is 5. The van der Waals surface area contributed by atoms with Crippen molar-refractivity contribution in [1.82, 2.24) is 0 Å². The van der Waals surface area contributed by atoms with Gasteiger partial charge in [0, 0.05) is 13.1 Å². The second kappa shape index (κ2) is 6.31. The molecule has 0 bridgehead atoms. The summed E-state index contributed by atoms with van der Waals surface area (Å²) in [5.74, 6) is -0.963. The van der Waals surface area contributed by atoms with E-state index in [-0.39, 0.29) is 5.56 Å². The van der Waals surface area contributed by atoms with Crippen LogP contribution in [0.25, 0.3) is 0 Å². The summed E-state index contributed by atoms with van der Waals surface area (Å²) < 4.78 is 0. The number of benzene rings is 2. The molecule has 2 aromatic carbocycles. The van der Waals surface area contributed by atoms with Crippen LogP contribution in [-0.2, 0) is 6.54 Å². The topological polar surface area (TPSA) is 66.6 Å². The number of anilines is 2. The monoisotopic (exact) mass is 284 g/mol. The van der Waals surface area contributed by atoms with Gasteiger partial charge in [0.2, 0.25) is 0 Å². The molecule has 4 heteroatoms. The number of hydrogen-bond acceptors (Lipinski definition) is 3. The van der Waals surface area contributed by atoms with Crippen molar-refractivity contribution in [1.29, 1.82) is 0 Å². The van der Waals surface area contributed by atoms with Crippen LogP contribution in [0.3, 0.4) is 0 Å². The van der Waals surface area contributed by atoms with Crippen LogP contribution in [0.1, 0.15) is 28.4 Å². The third-order valence-electron chi connectivity index (χ3n) is 3.62. The molecule has 0 spiro atoms. The molecule has 0 saturated carbocycles. The summed E-state index contributed by atoms with van der Waals surface area (Å²) in [6.45, 7) is 5.69. The summed E-state index contributed by atoms with van der Waals surface area (Å²) in [6.07, 6.45) is 0. The van der Waals surface area contributed by atoms with Crippen LogP contribution >= 0.6 is 0 Å². The molecule has 4 nitrogen and oxygen atoms in total. The van der Waals surface area contributed by atoms with E-state index in [1.807, 2.05) is 12.1 Å². The van der Waals surface area contributed by atoms with Gasteiger partial charge in [-0.15, -0.1) is 0 Å². The van der Waals surface area contributed by atoms with Gasteiger partial charge in [-0.3, -0.25) is 0 Å². The summed E-state index contributed by atoms with van der Waals surface area (Å²) in [5.41, 5.74) is 10.1. The van der Waals surface area contributed by atoms with E-state index in [4.69, 9.17) is 10.8 Å². The first-order chi connectivity index (χ1) is 10.0. The maximum absolute atomic E-state index is 11.0. The van der Waals surface area contributed by atoms with Crippen molar-refractivity contribution >= 4 is 17.3 Å². The van der Waals surface area contributed by atoms with Crippen molar-refractivity contribution in [2.75, 3.05) is 17.2 Å². The van der Waals surface area contributed by atoms with E-state index < -0.39 is 5.97 Å². The molecular weight excluding hydrogens is 264 g/mol. The van der Waals surface area contributed by atoms with Crippen molar-refractivity contribution in [3.63, 3.8) is 0 Å². The van der Waals surface area contributed by atoms with E-state index in [1.165, 1.54) is 17.2 Å². The average molecular weight is 284 g/mol. The van der Waals surface area contributed by atoms with Crippen molar-refractivity contribution < 1.29 is 9.90 Å². The molecule has 3 N–H and O–H groups in total. The molecule has 2 rings (SSSR count). The van der Waals surface area contributed by atoms with Crippen molar-refractivity contribution in [3.05, 3.63) is 59.2 Å². The van der Waals surface area contributed by atoms with E-state index in [9.17, 15) is 4.79 Å². The van der Waals surface area contributed by atoms with Gasteiger partial charge in [-0.1, -0.05) is 24.3 Å². The van der Waals surface area contributed by atoms with Gasteiger partial charge in [-0.2, -0.15) is 0 Å². The molecule has 0 aliphatic carbocycles. The van der Waals surface area contributed by atoms with Crippen molar-refractivity contribution in [3.8, 4) is 0 Å². The van der Waals surface area contributed by atoms with E-state index in [0.29, 0.717) is 5.69 Å². The van der Waals surface area contributed by atoms with E-state index in [1.54, 1.807) is 12.1 Å². The highest BCUT2D eigenvalue weighted by molar-refractivity contribution is 5.90. The summed E-state index contributed by atoms with van der Waals surface area (Å²) >= 11 is 0. The number of hydrogen-bond donors (Lipinski definition) is 2. The molecule has 0 radical (unpaired) electrons. The van der Waals surface area contributed by atoms with Crippen LogP contribution in [0.4, 0.5) is 11.4 Å². The second-order valence-electron chi connectivity index (χ2n) is 5.02. The van der Waals surface area contributed by atoms with Crippen LogP contribution in [0.5, 0.6) is 0 Å². The Morgan fingerprint density at radius 2 is 1.95 bits per heavy atom. The predicted molar refractivity (Wildman–Crippen MR) is 85.7 cm³/mol. The fraction of sp³-hybridized carbons (Fsp3) is 0.235. The van der Waals surface area contributed by atoms with Gasteiger partial charge in [0.25, 0.3) is 0 Å². The molecule has 110 valence electrons. The number of carboxylic acid groups (broad SMARTS) is 1. The number of nitrogen functional groups attached to an aromatic ring is 1. The molecule has 0 saturated heterocycles. The highest BCUT2D eigenvalue weighted by Gasteiger charge is 2.12. The molecule has 0 aliphatic rings. The number of carboxylic acids is 1. The zero-order valence-electron chi connectivity index (χ0n) is 12.3. The zero-order valence-corrected chi connectivity index (χ0v) is 12.3. The van der Waals surface area contributed by atoms with Gasteiger partial charge >= 0.3 is 5.97 Å². The van der Waals surface area contributed by atoms with E-state index in [0.717, 1.165) is 18.8 Å². The van der Waals surface area contributed by atoms with Gasteiger partial charge in [-0.05, 0) is 43.2 Å². The minimum absolute atomic E-state index is 0.211. The predicted octanol–water partition coefficient (Wildman–Crippen LogP) is 3.30. The lowest BCUT2D eigenvalue weighted by Gasteiger charge is -2.25. The molecule has 0 aliphatic heterocycles. The van der Waals surface area contributed by atoms with Gasteiger partial charge in [0.05, 0.1) is 16.9 Å². The Labute approximate surface area is 124 Å². The average Bonchev–Trinajstić information content (AvgIpc) is 2.47. The maximum Gasteiger partial charge on any atom is 0.335 e. The standard InChI is InChI=1S/C17H20N2O2/c1-3-19(11-14-7-5-4-6-12(14)2)16-9-8-13(17(20)21)10-15(16)18/h4-10H,3,11,18H2,1-2H3,(H,20,21). The number of nitrogens with two attached hydrogens (primary N) is 1. The largest absolute Gasteiger partial charge is 0.478 e. The van der Waals surface area contributed by atoms with E-state index in [2.05, 4.69) is 30.9 Å². The molecule has 0 amide bonds. The normalized spacial score (nSPS) is 10.4. The Morgan fingerprint density at radius 1 is 1.24 bits per heavy atom. The zero-order chi connectivity index (χ0) is 15.4. The first-order valence-corrected chi connectivity index (χ1v) is 6.95. The molecule has 0 aromatic heterocycles. The van der Waals surface area contributed by atoms with Crippen LogP contribution < -0.4 is 10.6 Å². The Kier molecular flexibility index (Phi) is 4.48. The van der Waals surface area contributed by atoms with Crippen LogP contribution in [0, 0.1) is 6.92 Å². The van der Waals surface area contributed by atoms with Crippen LogP contribution in [0.15, 0.2) is 42.5 Å². The third-order valence-corrected chi connectivity index (χ3v) is 3.62. The minimum Gasteiger partial charge on any atom is -0.478 e. The lowest BCUT2D eigenvalue weighted by atomic mass is 10.1. The molecule has 0 heterocycles. The maximum atomic E-state index is 11.0. The number of carbonyl (C=O) groups is 1. The fourth-order valence-electron chi connectivity index (χ4n) is 2.34. The second-order valence-corrected chi connectivity index (χ2v) is 5.02. The first-order valence-electron chi connectivity index (χ1n) is 6.95. The van der Waals surface area contributed by atoms with Crippen LogP contribution in [-0.4, -0.2) is 17.6 Å². The summed E-state index contributed by atoms with van der Waals surface area (Å²) in [4.78, 5) is 13.1. The third kappa shape index (κ3) is 3.34. The summed E-state index contributed by atoms with van der Waals surface area (Å²) in [5, 5.41) is 9.00. The SMILES string of the molecule is CCN(Cc1ccccc1C)c1ccc(C(=O)O)cc1N. The lowest BCUT2D eigenvalue weighted by molar-refractivity contribution is 0.0697. The number of nitrogens with zero attached hydrogens (tertiary/aromatic N) is 1. The highest BCUT2D eigenvalue weighted by Crippen LogP contribution is 2.26. The Morgan fingerprint density at radius 3 is 2.52 bits per heavy atom. The quantitative estimate of drug-likeness (QED) is 0.827.